The molecule has 18 heavy (non-hydrogen) atoms. The first-order valence-electron chi connectivity index (χ1n) is 6.73. The molecule has 0 heterocycles. The lowest BCUT2D eigenvalue weighted by Gasteiger charge is -2.21. The minimum atomic E-state index is -0.184. The molecule has 1 atom stereocenters. The van der Waals surface area contributed by atoms with E-state index in [1.807, 2.05) is 12.1 Å². The van der Waals surface area contributed by atoms with Crippen LogP contribution in [0.25, 0.3) is 0 Å². The molecule has 0 spiro atoms. The third-order valence-electron chi connectivity index (χ3n) is 3.67. The van der Waals surface area contributed by atoms with Crippen molar-refractivity contribution in [3.63, 3.8) is 0 Å². The molecule has 1 aliphatic carbocycles. The van der Waals surface area contributed by atoms with Crippen molar-refractivity contribution in [2.75, 3.05) is 6.54 Å². The fourth-order valence-corrected chi connectivity index (χ4v) is 2.54. The van der Waals surface area contributed by atoms with Gasteiger partial charge in [-0.15, -0.1) is 0 Å². The van der Waals surface area contributed by atoms with Gasteiger partial charge < -0.3 is 5.32 Å². The van der Waals surface area contributed by atoms with E-state index >= 15 is 0 Å². The van der Waals surface area contributed by atoms with E-state index in [2.05, 4.69) is 35.1 Å². The van der Waals surface area contributed by atoms with Crippen LogP contribution in [0.5, 0.6) is 0 Å². The van der Waals surface area contributed by atoms with Gasteiger partial charge >= 0.3 is 0 Å². The molecule has 100 valence electrons. The maximum Gasteiger partial charge on any atom is 0.137 e. The summed E-state index contributed by atoms with van der Waals surface area (Å²) in [6.07, 6.45) is 3.66. The van der Waals surface area contributed by atoms with Gasteiger partial charge in [-0.3, -0.25) is 0 Å². The molecular formula is C15H21BrFN. The van der Waals surface area contributed by atoms with Crippen LogP contribution in [-0.2, 0) is 6.42 Å². The summed E-state index contributed by atoms with van der Waals surface area (Å²) in [5.41, 5.74) is 1.21. The van der Waals surface area contributed by atoms with E-state index in [9.17, 15) is 4.39 Å². The lowest BCUT2D eigenvalue weighted by Crippen LogP contribution is -2.29. The summed E-state index contributed by atoms with van der Waals surface area (Å²) in [5.74, 6) is 1.07. The topological polar surface area (TPSA) is 12.0 Å². The number of rotatable bonds is 6. The van der Waals surface area contributed by atoms with Gasteiger partial charge in [-0.25, -0.2) is 4.39 Å². The highest BCUT2D eigenvalue weighted by Crippen LogP contribution is 2.24. The average Bonchev–Trinajstić information content (AvgIpc) is 3.12. The summed E-state index contributed by atoms with van der Waals surface area (Å²) in [4.78, 5) is 0. The predicted octanol–water partition coefficient (Wildman–Crippen LogP) is 4.15. The second kappa shape index (κ2) is 6.16. The Balaban J connectivity index is 1.95. The highest BCUT2D eigenvalue weighted by atomic mass is 79.9. The number of halogens is 2. The van der Waals surface area contributed by atoms with Crippen molar-refractivity contribution >= 4 is 15.9 Å². The molecule has 3 heteroatoms. The molecule has 2 rings (SSSR count). The van der Waals surface area contributed by atoms with Gasteiger partial charge in [0.1, 0.15) is 5.82 Å². The Morgan fingerprint density at radius 2 is 2.11 bits per heavy atom. The van der Waals surface area contributed by atoms with Crippen molar-refractivity contribution in [1.82, 2.24) is 5.32 Å². The average molecular weight is 314 g/mol. The fraction of sp³-hybridized carbons (Fsp3) is 0.600. The molecule has 0 amide bonds. The predicted molar refractivity (Wildman–Crippen MR) is 77.2 cm³/mol. The quantitative estimate of drug-likeness (QED) is 0.831. The summed E-state index contributed by atoms with van der Waals surface area (Å²) in [5, 5.41) is 3.60. The summed E-state index contributed by atoms with van der Waals surface area (Å²) < 4.78 is 13.8. The second-order valence-electron chi connectivity index (χ2n) is 5.64. The number of benzene rings is 1. The van der Waals surface area contributed by atoms with E-state index in [1.165, 1.54) is 18.4 Å². The molecule has 0 radical (unpaired) electrons. The monoisotopic (exact) mass is 313 g/mol. The van der Waals surface area contributed by atoms with Crippen molar-refractivity contribution in [3.05, 3.63) is 34.1 Å². The molecule has 0 saturated heterocycles. The van der Waals surface area contributed by atoms with E-state index in [0.29, 0.717) is 16.3 Å². The maximum absolute atomic E-state index is 13.2. The molecule has 0 aromatic heterocycles. The van der Waals surface area contributed by atoms with Crippen molar-refractivity contribution in [1.29, 1.82) is 0 Å². The van der Waals surface area contributed by atoms with Gasteiger partial charge in [0.25, 0.3) is 0 Å². The molecule has 1 nitrogen and oxygen atoms in total. The van der Waals surface area contributed by atoms with E-state index in [-0.39, 0.29) is 5.82 Å². The van der Waals surface area contributed by atoms with Crippen LogP contribution >= 0.6 is 15.9 Å². The Bertz CT molecular complexity index is 401. The van der Waals surface area contributed by atoms with Crippen molar-refractivity contribution in [2.24, 2.45) is 11.8 Å². The standard InChI is InChI=1S/C15H21BrFN/c1-10(2)12(9-18-13-4-5-13)7-11-3-6-15(17)14(16)8-11/h3,6,8,10,12-13,18H,4-5,7,9H2,1-2H3. The molecule has 0 aliphatic heterocycles. The second-order valence-corrected chi connectivity index (χ2v) is 6.49. The van der Waals surface area contributed by atoms with Crippen molar-refractivity contribution in [3.8, 4) is 0 Å². The largest absolute Gasteiger partial charge is 0.314 e. The smallest absolute Gasteiger partial charge is 0.137 e. The first-order valence-corrected chi connectivity index (χ1v) is 7.53. The van der Waals surface area contributed by atoms with Crippen LogP contribution in [0.4, 0.5) is 4.39 Å². The van der Waals surface area contributed by atoms with Gasteiger partial charge in [-0.05, 0) is 71.3 Å². The zero-order valence-electron chi connectivity index (χ0n) is 11.0. The van der Waals surface area contributed by atoms with Gasteiger partial charge in [0, 0.05) is 6.04 Å². The molecular weight excluding hydrogens is 293 g/mol. The molecule has 1 fully saturated rings. The Hall–Kier alpha value is -0.410. The van der Waals surface area contributed by atoms with Crippen LogP contribution in [0.3, 0.4) is 0 Å². The molecule has 1 unspecified atom stereocenters. The Morgan fingerprint density at radius 1 is 1.39 bits per heavy atom. The number of hydrogen-bond acceptors (Lipinski definition) is 1. The van der Waals surface area contributed by atoms with Crippen molar-refractivity contribution < 1.29 is 4.39 Å². The van der Waals surface area contributed by atoms with Gasteiger partial charge in [-0.2, -0.15) is 0 Å². The van der Waals surface area contributed by atoms with Crippen LogP contribution < -0.4 is 5.32 Å². The van der Waals surface area contributed by atoms with Gasteiger partial charge in [0.2, 0.25) is 0 Å². The summed E-state index contributed by atoms with van der Waals surface area (Å²) in [6, 6.07) is 6.10. The Kier molecular flexibility index (Phi) is 4.79. The molecule has 0 bridgehead atoms. The summed E-state index contributed by atoms with van der Waals surface area (Å²) in [7, 11) is 0. The lowest BCUT2D eigenvalue weighted by molar-refractivity contribution is 0.359. The zero-order valence-corrected chi connectivity index (χ0v) is 12.6. The normalized spacial score (nSPS) is 17.2. The van der Waals surface area contributed by atoms with E-state index < -0.39 is 0 Å². The van der Waals surface area contributed by atoms with Crippen LogP contribution in [0, 0.1) is 17.7 Å². The highest BCUT2D eigenvalue weighted by molar-refractivity contribution is 9.10. The Morgan fingerprint density at radius 3 is 2.67 bits per heavy atom. The lowest BCUT2D eigenvalue weighted by atomic mass is 9.89. The van der Waals surface area contributed by atoms with Crippen molar-refractivity contribution in [2.45, 2.75) is 39.2 Å². The van der Waals surface area contributed by atoms with E-state index in [0.717, 1.165) is 19.0 Å². The van der Waals surface area contributed by atoms with Gasteiger partial charge in [0.15, 0.2) is 0 Å². The molecule has 1 saturated carbocycles. The summed E-state index contributed by atoms with van der Waals surface area (Å²) >= 11 is 3.25. The van der Waals surface area contributed by atoms with Gasteiger partial charge in [-0.1, -0.05) is 19.9 Å². The first kappa shape index (κ1) is 14.0. The van der Waals surface area contributed by atoms with Gasteiger partial charge in [0.05, 0.1) is 4.47 Å². The number of hydrogen-bond donors (Lipinski definition) is 1. The molecule has 1 N–H and O–H groups in total. The molecule has 1 aromatic rings. The van der Waals surface area contributed by atoms with Crippen LogP contribution in [0.15, 0.2) is 22.7 Å². The van der Waals surface area contributed by atoms with Crippen LogP contribution in [0.2, 0.25) is 0 Å². The van der Waals surface area contributed by atoms with Crippen LogP contribution in [-0.4, -0.2) is 12.6 Å². The summed E-state index contributed by atoms with van der Waals surface area (Å²) in [6.45, 7) is 5.59. The first-order chi connectivity index (χ1) is 8.56. The van der Waals surface area contributed by atoms with E-state index in [1.54, 1.807) is 6.07 Å². The third-order valence-corrected chi connectivity index (χ3v) is 4.28. The fourth-order valence-electron chi connectivity index (χ4n) is 2.12. The maximum atomic E-state index is 13.2. The Labute approximate surface area is 117 Å². The molecule has 1 aromatic carbocycles. The minimum Gasteiger partial charge on any atom is -0.314 e. The van der Waals surface area contributed by atoms with E-state index in [4.69, 9.17) is 0 Å². The van der Waals surface area contributed by atoms with Crippen LogP contribution in [0.1, 0.15) is 32.3 Å². The molecule has 1 aliphatic rings. The SMILES string of the molecule is CC(C)C(CNC1CC1)Cc1ccc(F)c(Br)c1. The minimum absolute atomic E-state index is 0.184. The number of nitrogens with one attached hydrogen (secondary N) is 1. The highest BCUT2D eigenvalue weighted by Gasteiger charge is 2.23. The third kappa shape index (κ3) is 4.06. The zero-order chi connectivity index (χ0) is 13.1.